The highest BCUT2D eigenvalue weighted by Gasteiger charge is 2.27. The van der Waals surface area contributed by atoms with E-state index in [4.69, 9.17) is 14.0 Å². The molecule has 1 atom stereocenters. The quantitative estimate of drug-likeness (QED) is 0.370. The van der Waals surface area contributed by atoms with Gasteiger partial charge in [0.15, 0.2) is 11.8 Å². The number of methoxy groups -OCH3 is 2. The van der Waals surface area contributed by atoms with Gasteiger partial charge < -0.3 is 24.2 Å². The van der Waals surface area contributed by atoms with Crippen LogP contribution in [0.2, 0.25) is 0 Å². The monoisotopic (exact) mass is 501 g/mol. The Kier molecular flexibility index (Phi) is 8.34. The summed E-state index contributed by atoms with van der Waals surface area (Å²) < 4.78 is 15.8. The number of nitrogens with zero attached hydrogens (tertiary/aromatic N) is 4. The Morgan fingerprint density at radius 3 is 2.57 bits per heavy atom. The molecule has 0 radical (unpaired) electrons. The Hall–Kier alpha value is -2.04. The molecule has 1 aliphatic rings. The molecular formula is C19H28IN5O3. The predicted molar refractivity (Wildman–Crippen MR) is 118 cm³/mol. The van der Waals surface area contributed by atoms with Crippen LogP contribution in [0, 0.1) is 6.92 Å². The van der Waals surface area contributed by atoms with E-state index in [0.717, 1.165) is 43.5 Å². The van der Waals surface area contributed by atoms with Crippen LogP contribution < -0.4 is 14.8 Å². The van der Waals surface area contributed by atoms with Gasteiger partial charge in [-0.05, 0) is 31.0 Å². The maximum Gasteiger partial charge on any atom is 0.223 e. The highest BCUT2D eigenvalue weighted by molar-refractivity contribution is 14.0. The summed E-state index contributed by atoms with van der Waals surface area (Å²) in [6, 6.07) is 6.07. The molecule has 3 rings (SSSR count). The van der Waals surface area contributed by atoms with E-state index in [9.17, 15) is 0 Å². The summed E-state index contributed by atoms with van der Waals surface area (Å²) in [6.07, 6.45) is 1.04. The second-order valence-electron chi connectivity index (χ2n) is 6.48. The Morgan fingerprint density at radius 2 is 2.00 bits per heavy atom. The molecule has 1 saturated heterocycles. The molecular weight excluding hydrogens is 473 g/mol. The lowest BCUT2D eigenvalue weighted by molar-refractivity contribution is 0.387. The molecule has 154 valence electrons. The normalized spacial score (nSPS) is 16.6. The average Bonchev–Trinajstić information content (AvgIpc) is 3.34. The molecule has 0 aliphatic carbocycles. The second kappa shape index (κ2) is 10.5. The van der Waals surface area contributed by atoms with E-state index in [1.807, 2.05) is 6.07 Å². The Balaban J connectivity index is 0.00000280. The number of aromatic nitrogens is 2. The van der Waals surface area contributed by atoms with Crippen LogP contribution in [0.1, 0.15) is 36.5 Å². The van der Waals surface area contributed by atoms with Gasteiger partial charge >= 0.3 is 0 Å². The number of benzene rings is 1. The van der Waals surface area contributed by atoms with E-state index in [1.165, 1.54) is 5.56 Å². The summed E-state index contributed by atoms with van der Waals surface area (Å²) in [5, 5.41) is 7.27. The maximum atomic E-state index is 5.41. The first-order chi connectivity index (χ1) is 13.1. The van der Waals surface area contributed by atoms with Crippen LogP contribution in [-0.4, -0.2) is 54.9 Å². The van der Waals surface area contributed by atoms with Gasteiger partial charge in [0, 0.05) is 38.5 Å². The fraction of sp³-hybridized carbons (Fsp3) is 0.526. The summed E-state index contributed by atoms with van der Waals surface area (Å²) in [4.78, 5) is 11.2. The Morgan fingerprint density at radius 1 is 1.29 bits per heavy atom. The van der Waals surface area contributed by atoms with Gasteiger partial charge in [-0.2, -0.15) is 4.98 Å². The lowest BCUT2D eigenvalue weighted by Gasteiger charge is -2.21. The first-order valence-electron chi connectivity index (χ1n) is 9.18. The molecule has 9 heteroatoms. The van der Waals surface area contributed by atoms with Crippen LogP contribution in [0.3, 0.4) is 0 Å². The molecule has 2 aromatic rings. The molecule has 0 bridgehead atoms. The number of hydrogen-bond donors (Lipinski definition) is 1. The van der Waals surface area contributed by atoms with Crippen molar-refractivity contribution in [3.8, 4) is 11.5 Å². The summed E-state index contributed by atoms with van der Waals surface area (Å²) in [5.74, 6) is 4.05. The minimum absolute atomic E-state index is 0. The van der Waals surface area contributed by atoms with Gasteiger partial charge in [0.2, 0.25) is 5.89 Å². The molecule has 0 saturated carbocycles. The fourth-order valence-corrected chi connectivity index (χ4v) is 3.27. The minimum Gasteiger partial charge on any atom is -0.497 e. The number of nitrogens with one attached hydrogen (secondary N) is 1. The van der Waals surface area contributed by atoms with Gasteiger partial charge in [0.25, 0.3) is 0 Å². The second-order valence-corrected chi connectivity index (χ2v) is 6.48. The Labute approximate surface area is 182 Å². The van der Waals surface area contributed by atoms with Crippen molar-refractivity contribution in [3.05, 3.63) is 35.5 Å². The molecule has 1 aliphatic heterocycles. The SMILES string of the molecule is CCNC(=NCc1noc(C)n1)N1CCC(c2cc(OC)cc(OC)c2)C1.I. The molecule has 1 fully saturated rings. The van der Waals surface area contributed by atoms with Crippen molar-refractivity contribution >= 4 is 29.9 Å². The lowest BCUT2D eigenvalue weighted by atomic mass is 9.98. The van der Waals surface area contributed by atoms with E-state index in [2.05, 4.69) is 44.4 Å². The third-order valence-electron chi connectivity index (χ3n) is 4.61. The van der Waals surface area contributed by atoms with E-state index in [0.29, 0.717) is 24.2 Å². The summed E-state index contributed by atoms with van der Waals surface area (Å²) >= 11 is 0. The van der Waals surface area contributed by atoms with Crippen molar-refractivity contribution in [2.75, 3.05) is 33.9 Å². The van der Waals surface area contributed by atoms with Crippen LogP contribution in [0.15, 0.2) is 27.7 Å². The predicted octanol–water partition coefficient (Wildman–Crippen LogP) is 2.97. The molecule has 0 amide bonds. The molecule has 1 N–H and O–H groups in total. The number of aliphatic imine (C=N–C) groups is 1. The topological polar surface area (TPSA) is 85.0 Å². The number of likely N-dealkylation sites (tertiary alicyclic amines) is 1. The third kappa shape index (κ3) is 5.49. The molecule has 0 spiro atoms. The molecule has 1 aromatic heterocycles. The van der Waals surface area contributed by atoms with Crippen molar-refractivity contribution < 1.29 is 14.0 Å². The fourth-order valence-electron chi connectivity index (χ4n) is 3.27. The van der Waals surface area contributed by atoms with Gasteiger partial charge in [0.05, 0.1) is 14.2 Å². The number of hydrogen-bond acceptors (Lipinski definition) is 6. The molecule has 1 unspecified atom stereocenters. The van der Waals surface area contributed by atoms with E-state index >= 15 is 0 Å². The smallest absolute Gasteiger partial charge is 0.223 e. The summed E-state index contributed by atoms with van der Waals surface area (Å²) in [7, 11) is 3.35. The number of guanidine groups is 1. The van der Waals surface area contributed by atoms with Crippen molar-refractivity contribution in [2.24, 2.45) is 4.99 Å². The van der Waals surface area contributed by atoms with E-state index < -0.39 is 0 Å². The van der Waals surface area contributed by atoms with E-state index in [1.54, 1.807) is 21.1 Å². The standard InChI is InChI=1S/C19H27N5O3.HI/c1-5-20-19(21-11-18-22-13(2)27-23-18)24-7-6-14(12-24)15-8-16(25-3)10-17(9-15)26-4;/h8-10,14H,5-7,11-12H2,1-4H3,(H,20,21);1H. The maximum absolute atomic E-state index is 5.41. The average molecular weight is 501 g/mol. The molecule has 28 heavy (non-hydrogen) atoms. The highest BCUT2D eigenvalue weighted by Crippen LogP contribution is 2.32. The zero-order valence-corrected chi connectivity index (χ0v) is 19.1. The van der Waals surface area contributed by atoms with Gasteiger partial charge in [0.1, 0.15) is 18.0 Å². The molecule has 2 heterocycles. The minimum atomic E-state index is 0. The first kappa shape index (κ1) is 22.3. The molecule has 1 aromatic carbocycles. The summed E-state index contributed by atoms with van der Waals surface area (Å²) in [6.45, 7) is 6.86. The van der Waals surface area contributed by atoms with Crippen LogP contribution in [0.4, 0.5) is 0 Å². The largest absolute Gasteiger partial charge is 0.497 e. The van der Waals surface area contributed by atoms with Crippen LogP contribution >= 0.6 is 24.0 Å². The number of rotatable bonds is 6. The van der Waals surface area contributed by atoms with Crippen molar-refractivity contribution in [1.29, 1.82) is 0 Å². The van der Waals surface area contributed by atoms with E-state index in [-0.39, 0.29) is 24.0 Å². The third-order valence-corrected chi connectivity index (χ3v) is 4.61. The van der Waals surface area contributed by atoms with Gasteiger partial charge in [-0.15, -0.1) is 24.0 Å². The van der Waals surface area contributed by atoms with Crippen LogP contribution in [-0.2, 0) is 6.54 Å². The summed E-state index contributed by atoms with van der Waals surface area (Å²) in [5.41, 5.74) is 1.22. The van der Waals surface area contributed by atoms with Crippen molar-refractivity contribution in [1.82, 2.24) is 20.4 Å². The van der Waals surface area contributed by atoms with Crippen LogP contribution in [0.5, 0.6) is 11.5 Å². The van der Waals surface area contributed by atoms with Gasteiger partial charge in [-0.25, -0.2) is 4.99 Å². The van der Waals surface area contributed by atoms with Gasteiger partial charge in [-0.1, -0.05) is 5.16 Å². The van der Waals surface area contributed by atoms with Gasteiger partial charge in [-0.3, -0.25) is 0 Å². The Bertz CT molecular complexity index is 773. The highest BCUT2D eigenvalue weighted by atomic mass is 127. The zero-order chi connectivity index (χ0) is 19.2. The molecule has 8 nitrogen and oxygen atoms in total. The van der Waals surface area contributed by atoms with Crippen LogP contribution in [0.25, 0.3) is 0 Å². The van der Waals surface area contributed by atoms with Crippen molar-refractivity contribution in [3.63, 3.8) is 0 Å². The number of halogens is 1. The zero-order valence-electron chi connectivity index (χ0n) is 16.8. The first-order valence-corrected chi connectivity index (χ1v) is 9.18. The van der Waals surface area contributed by atoms with Crippen molar-refractivity contribution in [2.45, 2.75) is 32.7 Å². The number of aryl methyl sites for hydroxylation is 1. The number of ether oxygens (including phenoxy) is 2. The lowest BCUT2D eigenvalue weighted by Crippen LogP contribution is -2.40.